The maximum Gasteiger partial charge on any atom is 0.309 e. The molecule has 0 aromatic heterocycles. The van der Waals surface area contributed by atoms with Crippen LogP contribution in [0, 0.1) is 11.3 Å². The molecule has 0 unspecified atom stereocenters. The van der Waals surface area contributed by atoms with Crippen molar-refractivity contribution in [2.45, 2.75) is 38.5 Å². The van der Waals surface area contributed by atoms with Crippen LogP contribution in [0.2, 0.25) is 0 Å². The van der Waals surface area contributed by atoms with E-state index in [4.69, 9.17) is 5.11 Å². The molecule has 0 radical (unpaired) electrons. The van der Waals surface area contributed by atoms with Gasteiger partial charge in [0.25, 0.3) is 0 Å². The number of carboxylic acid groups (broad SMARTS) is 1. The second-order valence-electron chi connectivity index (χ2n) is 4.07. The monoisotopic (exact) mass is 154 g/mol. The normalized spacial score (nSPS) is 26.5. The molecule has 2 heteroatoms. The molecule has 0 aliphatic heterocycles. The van der Waals surface area contributed by atoms with Crippen molar-refractivity contribution in [1.29, 1.82) is 0 Å². The molecule has 0 bridgehead atoms. The van der Waals surface area contributed by atoms with Crippen LogP contribution in [0.1, 0.15) is 38.5 Å². The first-order valence-corrected chi connectivity index (χ1v) is 4.46. The molecule has 2 aliphatic rings. The Morgan fingerprint density at radius 2 is 2.09 bits per heavy atom. The second-order valence-corrected chi connectivity index (χ2v) is 4.07. The molecule has 0 saturated heterocycles. The van der Waals surface area contributed by atoms with E-state index in [0.29, 0.717) is 0 Å². The summed E-state index contributed by atoms with van der Waals surface area (Å²) in [6.07, 6.45) is 6.63. The van der Waals surface area contributed by atoms with E-state index in [9.17, 15) is 4.79 Å². The Labute approximate surface area is 66.6 Å². The molecular formula is C9H14O2. The lowest BCUT2D eigenvalue weighted by atomic mass is 9.99. The third-order valence-corrected chi connectivity index (χ3v) is 3.04. The first-order chi connectivity index (χ1) is 5.23. The highest BCUT2D eigenvalue weighted by molar-refractivity contribution is 5.77. The fourth-order valence-corrected chi connectivity index (χ4v) is 1.61. The zero-order valence-corrected chi connectivity index (χ0v) is 6.68. The summed E-state index contributed by atoms with van der Waals surface area (Å²) in [6, 6.07) is 0. The van der Waals surface area contributed by atoms with Crippen molar-refractivity contribution in [2.24, 2.45) is 11.3 Å². The van der Waals surface area contributed by atoms with Gasteiger partial charge in [-0.2, -0.15) is 0 Å². The van der Waals surface area contributed by atoms with Crippen LogP contribution in [0.3, 0.4) is 0 Å². The van der Waals surface area contributed by atoms with Gasteiger partial charge in [0.2, 0.25) is 0 Å². The average Bonchev–Trinajstić information content (AvgIpc) is 2.82. The van der Waals surface area contributed by atoms with Gasteiger partial charge in [-0.05, 0) is 31.6 Å². The van der Waals surface area contributed by atoms with Crippen LogP contribution < -0.4 is 0 Å². The molecule has 62 valence electrons. The van der Waals surface area contributed by atoms with Gasteiger partial charge in [0.1, 0.15) is 0 Å². The van der Waals surface area contributed by atoms with E-state index in [0.717, 1.165) is 31.6 Å². The van der Waals surface area contributed by atoms with E-state index in [1.807, 2.05) is 0 Å². The highest BCUT2D eigenvalue weighted by Gasteiger charge is 2.50. The lowest BCUT2D eigenvalue weighted by molar-refractivity contribution is -0.143. The zero-order chi connectivity index (χ0) is 7.90. The molecule has 2 saturated carbocycles. The van der Waals surface area contributed by atoms with Gasteiger partial charge in [-0.25, -0.2) is 0 Å². The van der Waals surface area contributed by atoms with Crippen LogP contribution >= 0.6 is 0 Å². The fraction of sp³-hybridized carbons (Fsp3) is 0.889. The molecule has 2 fully saturated rings. The highest BCUT2D eigenvalue weighted by Crippen LogP contribution is 2.52. The molecule has 0 spiro atoms. The predicted molar refractivity (Wildman–Crippen MR) is 41.3 cm³/mol. The summed E-state index contributed by atoms with van der Waals surface area (Å²) in [5.74, 6) is 0.324. The van der Waals surface area contributed by atoms with E-state index in [-0.39, 0.29) is 5.41 Å². The van der Waals surface area contributed by atoms with E-state index in [1.165, 1.54) is 12.8 Å². The third kappa shape index (κ3) is 1.39. The molecule has 11 heavy (non-hydrogen) atoms. The van der Waals surface area contributed by atoms with Crippen molar-refractivity contribution in [3.63, 3.8) is 0 Å². The van der Waals surface area contributed by atoms with E-state index < -0.39 is 5.97 Å². The van der Waals surface area contributed by atoms with Crippen molar-refractivity contribution < 1.29 is 9.90 Å². The Kier molecular flexibility index (Phi) is 1.44. The quantitative estimate of drug-likeness (QED) is 0.672. The lowest BCUT2D eigenvalue weighted by Crippen LogP contribution is -2.14. The molecule has 0 aromatic rings. The summed E-state index contributed by atoms with van der Waals surface area (Å²) in [6.45, 7) is 0. The fourth-order valence-electron chi connectivity index (χ4n) is 1.61. The summed E-state index contributed by atoms with van der Waals surface area (Å²) in [7, 11) is 0. The van der Waals surface area contributed by atoms with Gasteiger partial charge in [0, 0.05) is 0 Å². The SMILES string of the molecule is O=C(O)C1(CCC2CC2)CC1. The highest BCUT2D eigenvalue weighted by atomic mass is 16.4. The Morgan fingerprint density at radius 3 is 2.45 bits per heavy atom. The number of hydrogen-bond donors (Lipinski definition) is 1. The predicted octanol–water partition coefficient (Wildman–Crippen LogP) is 2.04. The summed E-state index contributed by atoms with van der Waals surface area (Å²) >= 11 is 0. The van der Waals surface area contributed by atoms with Crippen molar-refractivity contribution in [2.75, 3.05) is 0 Å². The van der Waals surface area contributed by atoms with Crippen molar-refractivity contribution >= 4 is 5.97 Å². The van der Waals surface area contributed by atoms with Crippen molar-refractivity contribution in [1.82, 2.24) is 0 Å². The molecular weight excluding hydrogens is 140 g/mol. The maximum absolute atomic E-state index is 10.7. The Bertz CT molecular complexity index is 178. The Morgan fingerprint density at radius 1 is 1.45 bits per heavy atom. The third-order valence-electron chi connectivity index (χ3n) is 3.04. The minimum atomic E-state index is -0.557. The van der Waals surface area contributed by atoms with Crippen molar-refractivity contribution in [3.8, 4) is 0 Å². The van der Waals surface area contributed by atoms with Gasteiger partial charge < -0.3 is 5.11 Å². The van der Waals surface area contributed by atoms with Crippen LogP contribution in [0.15, 0.2) is 0 Å². The first kappa shape index (κ1) is 7.14. The summed E-state index contributed by atoms with van der Waals surface area (Å²) in [5, 5.41) is 8.84. The van der Waals surface area contributed by atoms with Gasteiger partial charge >= 0.3 is 5.97 Å². The average molecular weight is 154 g/mol. The smallest absolute Gasteiger partial charge is 0.309 e. The Balaban J connectivity index is 1.79. The van der Waals surface area contributed by atoms with Crippen LogP contribution in [0.5, 0.6) is 0 Å². The summed E-state index contributed by atoms with van der Waals surface area (Å²) in [4.78, 5) is 10.7. The van der Waals surface area contributed by atoms with Gasteiger partial charge in [-0.15, -0.1) is 0 Å². The molecule has 2 nitrogen and oxygen atoms in total. The van der Waals surface area contributed by atoms with Crippen LogP contribution in [0.4, 0.5) is 0 Å². The molecule has 1 N–H and O–H groups in total. The van der Waals surface area contributed by atoms with Crippen LogP contribution in [-0.4, -0.2) is 11.1 Å². The zero-order valence-electron chi connectivity index (χ0n) is 6.68. The van der Waals surface area contributed by atoms with Crippen LogP contribution in [0.25, 0.3) is 0 Å². The number of rotatable bonds is 4. The standard InChI is InChI=1S/C9H14O2/c10-8(11)9(5-6-9)4-3-7-1-2-7/h7H,1-6H2,(H,10,11). The van der Waals surface area contributed by atoms with Gasteiger partial charge in [-0.3, -0.25) is 4.79 Å². The molecule has 0 heterocycles. The number of aliphatic carboxylic acids is 1. The van der Waals surface area contributed by atoms with E-state index >= 15 is 0 Å². The molecule has 0 aromatic carbocycles. The maximum atomic E-state index is 10.7. The number of carbonyl (C=O) groups is 1. The van der Waals surface area contributed by atoms with E-state index in [1.54, 1.807) is 0 Å². The summed E-state index contributed by atoms with van der Waals surface area (Å²) in [5.41, 5.74) is -0.261. The molecule has 2 rings (SSSR count). The van der Waals surface area contributed by atoms with Gasteiger partial charge in [0.15, 0.2) is 0 Å². The molecule has 0 amide bonds. The number of carboxylic acids is 1. The topological polar surface area (TPSA) is 37.3 Å². The van der Waals surface area contributed by atoms with Gasteiger partial charge in [-0.1, -0.05) is 12.8 Å². The van der Waals surface area contributed by atoms with Gasteiger partial charge in [0.05, 0.1) is 5.41 Å². The Hall–Kier alpha value is -0.530. The first-order valence-electron chi connectivity index (χ1n) is 4.46. The van der Waals surface area contributed by atoms with E-state index in [2.05, 4.69) is 0 Å². The molecule has 2 aliphatic carbocycles. The summed E-state index contributed by atoms with van der Waals surface area (Å²) < 4.78 is 0. The molecule has 0 atom stereocenters. The largest absolute Gasteiger partial charge is 0.481 e. The van der Waals surface area contributed by atoms with Crippen molar-refractivity contribution in [3.05, 3.63) is 0 Å². The van der Waals surface area contributed by atoms with Crippen LogP contribution in [-0.2, 0) is 4.79 Å². The minimum absolute atomic E-state index is 0.261. The second kappa shape index (κ2) is 2.23. The number of hydrogen-bond acceptors (Lipinski definition) is 1. The minimum Gasteiger partial charge on any atom is -0.481 e. The lowest BCUT2D eigenvalue weighted by Gasteiger charge is -2.07.